The lowest BCUT2D eigenvalue weighted by Crippen LogP contribution is -2.61. The van der Waals surface area contributed by atoms with Crippen molar-refractivity contribution in [1.82, 2.24) is 14.8 Å². The van der Waals surface area contributed by atoms with Crippen molar-refractivity contribution in [1.29, 1.82) is 0 Å². The highest BCUT2D eigenvalue weighted by atomic mass is 16.5. The molecule has 0 atom stereocenters. The van der Waals surface area contributed by atoms with Crippen molar-refractivity contribution in [3.8, 4) is 0 Å². The molecule has 5 nitrogen and oxygen atoms in total. The van der Waals surface area contributed by atoms with Gasteiger partial charge in [-0.1, -0.05) is 0 Å². The van der Waals surface area contributed by atoms with E-state index in [1.54, 1.807) is 7.11 Å². The van der Waals surface area contributed by atoms with Crippen LogP contribution in [0.4, 0.5) is 0 Å². The molecule has 1 aliphatic heterocycles. The molecule has 1 aliphatic carbocycles. The monoisotopic (exact) mass is 289 g/mol. The summed E-state index contributed by atoms with van der Waals surface area (Å²) in [6, 6.07) is 4.64. The Morgan fingerprint density at radius 2 is 2.10 bits per heavy atom. The highest BCUT2D eigenvalue weighted by Crippen LogP contribution is 2.32. The number of carbonyl (C=O) groups excluding carboxylic acids is 1. The molecule has 1 saturated carbocycles. The van der Waals surface area contributed by atoms with E-state index in [0.29, 0.717) is 6.04 Å². The number of methoxy groups -OCH3 is 1. The molecule has 0 unspecified atom stereocenters. The molecule has 2 aliphatic rings. The Morgan fingerprint density at radius 1 is 1.38 bits per heavy atom. The Kier molecular flexibility index (Phi) is 4.51. The first-order valence-corrected chi connectivity index (χ1v) is 7.66. The molecular formula is C16H23N3O2. The number of pyridine rings is 1. The topological polar surface area (TPSA) is 45.7 Å². The Hall–Kier alpha value is -1.46. The third-order valence-electron chi connectivity index (χ3n) is 4.32. The minimum absolute atomic E-state index is 0.101. The van der Waals surface area contributed by atoms with Crippen LogP contribution in [0.1, 0.15) is 18.4 Å². The third kappa shape index (κ3) is 3.80. The number of hydrogen-bond acceptors (Lipinski definition) is 4. The van der Waals surface area contributed by atoms with Gasteiger partial charge in [0.25, 0.3) is 0 Å². The number of ether oxygens (including phenoxy) is 1. The molecule has 0 aromatic carbocycles. The number of carbonyl (C=O) groups is 1. The molecule has 3 rings (SSSR count). The van der Waals surface area contributed by atoms with E-state index < -0.39 is 0 Å². The van der Waals surface area contributed by atoms with Gasteiger partial charge in [-0.3, -0.25) is 14.7 Å². The van der Waals surface area contributed by atoms with Gasteiger partial charge in [0.2, 0.25) is 5.91 Å². The van der Waals surface area contributed by atoms with E-state index in [2.05, 4.69) is 22.0 Å². The Bertz CT molecular complexity index is 470. The first-order chi connectivity index (χ1) is 10.3. The molecule has 1 amide bonds. The third-order valence-corrected chi connectivity index (χ3v) is 4.32. The van der Waals surface area contributed by atoms with Crippen molar-refractivity contribution >= 4 is 5.91 Å². The summed E-state index contributed by atoms with van der Waals surface area (Å²) >= 11 is 0. The Labute approximate surface area is 125 Å². The van der Waals surface area contributed by atoms with Crippen LogP contribution in [0.3, 0.4) is 0 Å². The van der Waals surface area contributed by atoms with Crippen LogP contribution in [0.5, 0.6) is 0 Å². The summed E-state index contributed by atoms with van der Waals surface area (Å²) < 4.78 is 4.91. The van der Waals surface area contributed by atoms with E-state index in [9.17, 15) is 4.79 Å². The summed E-state index contributed by atoms with van der Waals surface area (Å²) in [6.07, 6.45) is 6.40. The van der Waals surface area contributed by atoms with Crippen molar-refractivity contribution in [3.05, 3.63) is 30.1 Å². The van der Waals surface area contributed by atoms with Gasteiger partial charge in [0, 0.05) is 51.7 Å². The highest BCUT2D eigenvalue weighted by Gasteiger charge is 2.36. The van der Waals surface area contributed by atoms with Crippen LogP contribution in [-0.4, -0.2) is 60.1 Å². The average Bonchev–Trinajstić information content (AvgIpc) is 3.22. The molecule has 2 fully saturated rings. The second kappa shape index (κ2) is 6.54. The summed E-state index contributed by atoms with van der Waals surface area (Å²) in [5.41, 5.74) is 1.30. The first-order valence-electron chi connectivity index (χ1n) is 7.66. The molecule has 5 heteroatoms. The van der Waals surface area contributed by atoms with Crippen molar-refractivity contribution in [2.24, 2.45) is 5.92 Å². The Morgan fingerprint density at radius 3 is 2.71 bits per heavy atom. The van der Waals surface area contributed by atoms with Crippen molar-refractivity contribution < 1.29 is 9.53 Å². The van der Waals surface area contributed by atoms with Gasteiger partial charge >= 0.3 is 0 Å². The minimum Gasteiger partial charge on any atom is -0.375 e. The summed E-state index contributed by atoms with van der Waals surface area (Å²) in [5.74, 6) is 0.958. The molecule has 1 aromatic rings. The van der Waals surface area contributed by atoms with Crippen LogP contribution >= 0.6 is 0 Å². The second-order valence-electron chi connectivity index (χ2n) is 6.11. The lowest BCUT2D eigenvalue weighted by Gasteiger charge is -2.45. The summed E-state index contributed by atoms with van der Waals surface area (Å²) in [4.78, 5) is 20.3. The van der Waals surface area contributed by atoms with Crippen molar-refractivity contribution in [2.45, 2.75) is 25.4 Å². The maximum Gasteiger partial charge on any atom is 0.248 e. The molecule has 0 radical (unpaired) electrons. The fourth-order valence-corrected chi connectivity index (χ4v) is 2.80. The van der Waals surface area contributed by atoms with E-state index in [-0.39, 0.29) is 12.5 Å². The lowest BCUT2D eigenvalue weighted by atomic mass is 10.1. The zero-order valence-electron chi connectivity index (χ0n) is 12.6. The zero-order valence-corrected chi connectivity index (χ0v) is 12.6. The van der Waals surface area contributed by atoms with Gasteiger partial charge < -0.3 is 9.64 Å². The van der Waals surface area contributed by atoms with Crippen LogP contribution in [0.15, 0.2) is 24.5 Å². The fraction of sp³-hybridized carbons (Fsp3) is 0.625. The molecule has 0 bridgehead atoms. The fourth-order valence-electron chi connectivity index (χ4n) is 2.80. The molecule has 1 saturated heterocycles. The van der Waals surface area contributed by atoms with Gasteiger partial charge in [-0.2, -0.15) is 0 Å². The average molecular weight is 289 g/mol. The first kappa shape index (κ1) is 14.5. The number of rotatable bonds is 7. The number of aromatic nitrogens is 1. The van der Waals surface area contributed by atoms with E-state index in [0.717, 1.165) is 32.1 Å². The molecule has 0 N–H and O–H groups in total. The molecule has 1 aromatic heterocycles. The maximum absolute atomic E-state index is 11.8. The van der Waals surface area contributed by atoms with Crippen LogP contribution in [0.25, 0.3) is 0 Å². The predicted octanol–water partition coefficient (Wildman–Crippen LogP) is 1.15. The summed E-state index contributed by atoms with van der Waals surface area (Å²) in [6.45, 7) is 3.97. The van der Waals surface area contributed by atoms with Crippen LogP contribution in [-0.2, 0) is 16.1 Å². The van der Waals surface area contributed by atoms with Crippen molar-refractivity contribution in [3.63, 3.8) is 0 Å². The highest BCUT2D eigenvalue weighted by molar-refractivity contribution is 5.78. The minimum atomic E-state index is 0.101. The molecule has 0 spiro atoms. The SMILES string of the molecule is COCC(=O)N1CC(N(Cc2ccncc2)CC2CC2)C1. The van der Waals surface area contributed by atoms with E-state index >= 15 is 0 Å². The van der Waals surface area contributed by atoms with Gasteiger partial charge in [-0.05, 0) is 36.5 Å². The van der Waals surface area contributed by atoms with Gasteiger partial charge in [-0.25, -0.2) is 0 Å². The van der Waals surface area contributed by atoms with Crippen LogP contribution < -0.4 is 0 Å². The summed E-state index contributed by atoms with van der Waals surface area (Å²) in [5, 5.41) is 0. The lowest BCUT2D eigenvalue weighted by molar-refractivity contribution is -0.142. The maximum atomic E-state index is 11.8. The van der Waals surface area contributed by atoms with Crippen molar-refractivity contribution in [2.75, 3.05) is 33.4 Å². The van der Waals surface area contributed by atoms with Gasteiger partial charge in [-0.15, -0.1) is 0 Å². The van der Waals surface area contributed by atoms with E-state index in [1.807, 2.05) is 17.3 Å². The van der Waals surface area contributed by atoms with Gasteiger partial charge in [0.1, 0.15) is 6.61 Å². The van der Waals surface area contributed by atoms with Crippen LogP contribution in [0, 0.1) is 5.92 Å². The predicted molar refractivity (Wildman–Crippen MR) is 79.6 cm³/mol. The second-order valence-corrected chi connectivity index (χ2v) is 6.11. The number of amides is 1. The van der Waals surface area contributed by atoms with E-state index in [4.69, 9.17) is 4.74 Å². The van der Waals surface area contributed by atoms with Gasteiger partial charge in [0.15, 0.2) is 0 Å². The van der Waals surface area contributed by atoms with Crippen LogP contribution in [0.2, 0.25) is 0 Å². The smallest absolute Gasteiger partial charge is 0.248 e. The number of hydrogen-bond donors (Lipinski definition) is 0. The number of likely N-dealkylation sites (tertiary alicyclic amines) is 1. The molecule has 21 heavy (non-hydrogen) atoms. The largest absolute Gasteiger partial charge is 0.375 e. The zero-order chi connectivity index (χ0) is 14.7. The number of nitrogens with zero attached hydrogens (tertiary/aromatic N) is 3. The molecule has 114 valence electrons. The summed E-state index contributed by atoms with van der Waals surface area (Å²) in [7, 11) is 1.57. The quantitative estimate of drug-likeness (QED) is 0.755. The standard InChI is InChI=1S/C16H23N3O2/c1-21-12-16(20)19-10-15(11-19)18(8-13-2-3-13)9-14-4-6-17-7-5-14/h4-7,13,15H,2-3,8-12H2,1H3. The Balaban J connectivity index is 1.55. The molecule has 2 heterocycles. The molecular weight excluding hydrogens is 266 g/mol. The van der Waals surface area contributed by atoms with Gasteiger partial charge in [0.05, 0.1) is 0 Å². The normalized spacial score (nSPS) is 18.9. The van der Waals surface area contributed by atoms with E-state index in [1.165, 1.54) is 18.4 Å².